The van der Waals surface area contributed by atoms with E-state index in [0.29, 0.717) is 22.2 Å². The molecule has 1 aliphatic heterocycles. The van der Waals surface area contributed by atoms with Crippen molar-refractivity contribution in [2.45, 2.75) is 37.1 Å². The molecule has 2 heterocycles. The van der Waals surface area contributed by atoms with Crippen molar-refractivity contribution < 1.29 is 9.00 Å². The number of rotatable bonds is 5. The number of nitrogens with zero attached hydrogens (tertiary/aromatic N) is 2. The molecular weight excluding hydrogens is 396 g/mol. The van der Waals surface area contributed by atoms with Crippen molar-refractivity contribution in [3.05, 3.63) is 47.1 Å². The number of nitrogens with one attached hydrogen (secondary N) is 2. The van der Waals surface area contributed by atoms with Crippen molar-refractivity contribution >= 4 is 39.9 Å². The summed E-state index contributed by atoms with van der Waals surface area (Å²) in [6.07, 6.45) is 8.31. The summed E-state index contributed by atoms with van der Waals surface area (Å²) in [7, 11) is -1.30. The Kier molecular flexibility index (Phi) is 7.28. The first-order valence-electron chi connectivity index (χ1n) is 9.41. The molecule has 0 aliphatic carbocycles. The zero-order valence-corrected chi connectivity index (χ0v) is 17.5. The van der Waals surface area contributed by atoms with Crippen LogP contribution in [0.3, 0.4) is 0 Å². The highest BCUT2D eigenvalue weighted by Crippen LogP contribution is 2.27. The number of amides is 2. The molecule has 0 radical (unpaired) electrons. The minimum absolute atomic E-state index is 0.351. The molecule has 0 saturated carbocycles. The number of hydrogen-bond acceptors (Lipinski definition) is 4. The standard InChI is InChI=1S/C20H25ClN4O2S/c1-28(27)19-16(21)7-6-8-17(19)24-20(26)23-14-15-9-10-18(22-13-15)25-11-4-2-3-5-12-25/h6-10,13H,2-5,11-12,14H2,1H3,(H2,23,24,26)/t28-/m1/s1. The smallest absolute Gasteiger partial charge is 0.319 e. The lowest BCUT2D eigenvalue weighted by atomic mass is 10.2. The fourth-order valence-electron chi connectivity index (χ4n) is 3.26. The van der Waals surface area contributed by atoms with E-state index in [1.54, 1.807) is 24.4 Å². The Hall–Kier alpha value is -2.12. The van der Waals surface area contributed by atoms with Gasteiger partial charge in [0.2, 0.25) is 0 Å². The van der Waals surface area contributed by atoms with Crippen molar-refractivity contribution in [1.29, 1.82) is 0 Å². The lowest BCUT2D eigenvalue weighted by Crippen LogP contribution is -2.29. The molecule has 1 fully saturated rings. The summed E-state index contributed by atoms with van der Waals surface area (Å²) < 4.78 is 11.9. The summed E-state index contributed by atoms with van der Waals surface area (Å²) in [6.45, 7) is 2.45. The first kappa shape index (κ1) is 20.6. The second-order valence-electron chi connectivity index (χ2n) is 6.80. The Balaban J connectivity index is 1.56. The summed E-state index contributed by atoms with van der Waals surface area (Å²) >= 11 is 6.09. The Bertz CT molecular complexity index is 837. The number of urea groups is 1. The molecule has 1 atom stereocenters. The molecule has 6 nitrogen and oxygen atoms in total. The highest BCUT2D eigenvalue weighted by Gasteiger charge is 2.14. The average Bonchev–Trinajstić information content (AvgIpc) is 2.96. The molecule has 8 heteroatoms. The van der Waals surface area contributed by atoms with Crippen molar-refractivity contribution in [1.82, 2.24) is 10.3 Å². The predicted octanol–water partition coefficient (Wildman–Crippen LogP) is 4.17. The van der Waals surface area contributed by atoms with Crippen LogP contribution >= 0.6 is 11.6 Å². The summed E-state index contributed by atoms with van der Waals surface area (Å²) in [4.78, 5) is 19.5. The van der Waals surface area contributed by atoms with Gasteiger partial charge in [-0.1, -0.05) is 36.6 Å². The molecular formula is C20H25ClN4O2S. The van der Waals surface area contributed by atoms with E-state index in [2.05, 4.69) is 20.5 Å². The first-order valence-corrected chi connectivity index (χ1v) is 11.3. The Morgan fingerprint density at radius 3 is 2.57 bits per heavy atom. The summed E-state index contributed by atoms with van der Waals surface area (Å²) in [6, 6.07) is 8.65. The molecule has 0 unspecified atom stereocenters. The zero-order chi connectivity index (χ0) is 19.9. The molecule has 1 aliphatic rings. The average molecular weight is 421 g/mol. The van der Waals surface area contributed by atoms with Gasteiger partial charge in [0, 0.05) is 32.1 Å². The van der Waals surface area contributed by atoms with Gasteiger partial charge in [-0.3, -0.25) is 4.21 Å². The van der Waals surface area contributed by atoms with Crippen LogP contribution in [0.2, 0.25) is 5.02 Å². The number of benzene rings is 1. The van der Waals surface area contributed by atoms with Crippen LogP contribution in [0, 0.1) is 0 Å². The van der Waals surface area contributed by atoms with Crippen LogP contribution in [0.4, 0.5) is 16.3 Å². The molecule has 0 spiro atoms. The third-order valence-electron chi connectivity index (χ3n) is 4.69. The van der Waals surface area contributed by atoms with Crippen LogP contribution in [0.1, 0.15) is 31.2 Å². The van der Waals surface area contributed by atoms with Crippen molar-refractivity contribution in [3.63, 3.8) is 0 Å². The minimum atomic E-state index is -1.30. The number of halogens is 1. The Labute approximate surface area is 173 Å². The van der Waals surface area contributed by atoms with Crippen LogP contribution in [0.25, 0.3) is 0 Å². The first-order chi connectivity index (χ1) is 13.5. The maximum atomic E-state index is 12.2. The molecule has 28 heavy (non-hydrogen) atoms. The van der Waals surface area contributed by atoms with Gasteiger partial charge in [0.1, 0.15) is 5.82 Å². The molecule has 3 rings (SSSR count). The number of carbonyl (C=O) groups is 1. The predicted molar refractivity (Wildman–Crippen MR) is 115 cm³/mol. The largest absolute Gasteiger partial charge is 0.357 e. The molecule has 2 N–H and O–H groups in total. The SMILES string of the molecule is C[S@@](=O)c1c(Cl)cccc1NC(=O)NCc1ccc(N2CCCCCC2)nc1. The molecule has 0 bridgehead atoms. The monoisotopic (exact) mass is 420 g/mol. The van der Waals surface area contributed by atoms with Crippen molar-refractivity contribution in [2.24, 2.45) is 0 Å². The fourth-order valence-corrected chi connectivity index (χ4v) is 4.53. The van der Waals surface area contributed by atoms with Crippen LogP contribution in [-0.2, 0) is 17.3 Å². The normalized spacial score (nSPS) is 15.6. The minimum Gasteiger partial charge on any atom is -0.357 e. The van der Waals surface area contributed by atoms with Crippen LogP contribution in [0.15, 0.2) is 41.4 Å². The molecule has 150 valence electrons. The maximum Gasteiger partial charge on any atom is 0.319 e. The third-order valence-corrected chi connectivity index (χ3v) is 6.14. The number of hydrogen-bond donors (Lipinski definition) is 2. The van der Waals surface area contributed by atoms with Gasteiger partial charge < -0.3 is 15.5 Å². The third kappa shape index (κ3) is 5.45. The Morgan fingerprint density at radius 1 is 1.18 bits per heavy atom. The van der Waals surface area contributed by atoms with Gasteiger partial charge in [-0.25, -0.2) is 9.78 Å². The van der Waals surface area contributed by atoms with Gasteiger partial charge >= 0.3 is 6.03 Å². The molecule has 1 aromatic carbocycles. The van der Waals surface area contributed by atoms with E-state index in [1.807, 2.05) is 12.1 Å². The molecule has 1 aromatic heterocycles. The maximum absolute atomic E-state index is 12.2. The van der Waals surface area contributed by atoms with E-state index in [1.165, 1.54) is 31.9 Å². The van der Waals surface area contributed by atoms with Gasteiger partial charge in [0.05, 0.1) is 26.4 Å². The highest BCUT2D eigenvalue weighted by molar-refractivity contribution is 7.84. The van der Waals surface area contributed by atoms with Crippen LogP contribution < -0.4 is 15.5 Å². The summed E-state index contributed by atoms with van der Waals surface area (Å²) in [5, 5.41) is 5.88. The van der Waals surface area contributed by atoms with Gasteiger partial charge in [0.25, 0.3) is 0 Å². The Morgan fingerprint density at radius 2 is 1.93 bits per heavy atom. The van der Waals surface area contributed by atoms with Gasteiger partial charge in [-0.2, -0.15) is 0 Å². The molecule has 2 amide bonds. The second kappa shape index (κ2) is 9.89. The quantitative estimate of drug-likeness (QED) is 0.761. The molecule has 2 aromatic rings. The van der Waals surface area contributed by atoms with E-state index in [9.17, 15) is 9.00 Å². The van der Waals surface area contributed by atoms with Gasteiger partial charge in [-0.15, -0.1) is 0 Å². The highest BCUT2D eigenvalue weighted by atomic mass is 35.5. The van der Waals surface area contributed by atoms with E-state index < -0.39 is 10.8 Å². The van der Waals surface area contributed by atoms with E-state index in [4.69, 9.17) is 11.6 Å². The van der Waals surface area contributed by atoms with Crippen molar-refractivity contribution in [3.8, 4) is 0 Å². The van der Waals surface area contributed by atoms with Gasteiger partial charge in [0.15, 0.2) is 0 Å². The fraction of sp³-hybridized carbons (Fsp3) is 0.400. The lowest BCUT2D eigenvalue weighted by molar-refractivity contribution is 0.251. The van der Waals surface area contributed by atoms with E-state index >= 15 is 0 Å². The number of anilines is 2. The van der Waals surface area contributed by atoms with Gasteiger partial charge in [-0.05, 0) is 36.6 Å². The zero-order valence-electron chi connectivity index (χ0n) is 15.9. The topological polar surface area (TPSA) is 74.3 Å². The summed E-state index contributed by atoms with van der Waals surface area (Å²) in [5.41, 5.74) is 1.36. The van der Waals surface area contributed by atoms with E-state index in [-0.39, 0.29) is 6.03 Å². The van der Waals surface area contributed by atoms with E-state index in [0.717, 1.165) is 24.5 Å². The lowest BCUT2D eigenvalue weighted by Gasteiger charge is -2.21. The summed E-state index contributed by atoms with van der Waals surface area (Å²) in [5.74, 6) is 0.990. The number of aromatic nitrogens is 1. The number of carbonyl (C=O) groups excluding carboxylic acids is 1. The van der Waals surface area contributed by atoms with Crippen LogP contribution in [-0.4, -0.2) is 34.6 Å². The molecule has 1 saturated heterocycles. The number of pyridine rings is 1. The van der Waals surface area contributed by atoms with Crippen LogP contribution in [0.5, 0.6) is 0 Å². The second-order valence-corrected chi connectivity index (χ2v) is 8.53. The van der Waals surface area contributed by atoms with Crippen molar-refractivity contribution in [2.75, 3.05) is 29.6 Å².